The van der Waals surface area contributed by atoms with E-state index in [-0.39, 0.29) is 23.1 Å². The summed E-state index contributed by atoms with van der Waals surface area (Å²) in [7, 11) is 0. The maximum absolute atomic E-state index is 13.2. The highest BCUT2D eigenvalue weighted by molar-refractivity contribution is 6.31. The van der Waals surface area contributed by atoms with Crippen LogP contribution in [-0.4, -0.2) is 36.1 Å². The van der Waals surface area contributed by atoms with Gasteiger partial charge in [-0.15, -0.1) is 0 Å². The van der Waals surface area contributed by atoms with Gasteiger partial charge in [-0.3, -0.25) is 4.79 Å². The van der Waals surface area contributed by atoms with Crippen LogP contribution in [-0.2, 0) is 4.79 Å². The average molecular weight is 311 g/mol. The summed E-state index contributed by atoms with van der Waals surface area (Å²) in [5.41, 5.74) is 0.805. The second-order valence-corrected chi connectivity index (χ2v) is 5.98. The monoisotopic (exact) mass is 310 g/mol. The van der Waals surface area contributed by atoms with Gasteiger partial charge in [-0.05, 0) is 31.0 Å². The summed E-state index contributed by atoms with van der Waals surface area (Å²) in [6, 6.07) is 4.86. The number of carbonyl (C=O) groups excluding carboxylic acids is 1. The van der Waals surface area contributed by atoms with Crippen LogP contribution in [0.4, 0.5) is 10.1 Å². The number of hydrogen-bond donors (Lipinski definition) is 1. The Morgan fingerprint density at radius 2 is 2.29 bits per heavy atom. The summed E-state index contributed by atoms with van der Waals surface area (Å²) >= 11 is 5.80. The molecular weight excluding hydrogens is 293 g/mol. The Balaban J connectivity index is 1.63. The summed E-state index contributed by atoms with van der Waals surface area (Å²) in [4.78, 5) is 13.7. The molecule has 21 heavy (non-hydrogen) atoms. The average Bonchev–Trinajstić information content (AvgIpc) is 2.89. The molecule has 2 saturated heterocycles. The number of amides is 1. The molecule has 2 aliphatic rings. The highest BCUT2D eigenvalue weighted by atomic mass is 35.5. The van der Waals surface area contributed by atoms with E-state index >= 15 is 0 Å². The van der Waals surface area contributed by atoms with E-state index in [1.165, 1.54) is 6.07 Å². The minimum absolute atomic E-state index is 0.0258. The van der Waals surface area contributed by atoms with Gasteiger partial charge < -0.3 is 10.2 Å². The first kappa shape index (κ1) is 14.6. The second-order valence-electron chi connectivity index (χ2n) is 5.57. The Morgan fingerprint density at radius 3 is 3.00 bits per heavy atom. The van der Waals surface area contributed by atoms with Crippen LogP contribution >= 0.6 is 11.6 Å². The topological polar surface area (TPSA) is 46.4 Å². The lowest BCUT2D eigenvalue weighted by Crippen LogP contribution is -2.49. The molecule has 4 nitrogen and oxygen atoms in total. The van der Waals surface area contributed by atoms with E-state index in [1.54, 1.807) is 12.1 Å². The fraction of sp³-hybridized carbons (Fsp3) is 0.533. The molecule has 1 aromatic carbocycles. The lowest BCUT2D eigenvalue weighted by molar-refractivity contribution is -0.130. The number of nitrogens with one attached hydrogen (secondary N) is 1. The zero-order valence-electron chi connectivity index (χ0n) is 11.7. The number of nitrogens with zero attached hydrogens (tertiary/aromatic N) is 2. The van der Waals surface area contributed by atoms with Gasteiger partial charge in [0.1, 0.15) is 5.82 Å². The van der Waals surface area contributed by atoms with E-state index in [2.05, 4.69) is 10.6 Å². The van der Waals surface area contributed by atoms with Crippen molar-refractivity contribution in [2.75, 3.05) is 18.4 Å². The summed E-state index contributed by atoms with van der Waals surface area (Å²) in [6.45, 7) is 1.54. The summed E-state index contributed by atoms with van der Waals surface area (Å²) in [5.74, 6) is -0.212. The van der Waals surface area contributed by atoms with Crippen LogP contribution in [0.2, 0.25) is 5.02 Å². The Kier molecular flexibility index (Phi) is 4.31. The summed E-state index contributed by atoms with van der Waals surface area (Å²) in [6.07, 6.45) is 3.24. The van der Waals surface area contributed by atoms with E-state index in [4.69, 9.17) is 11.6 Å². The minimum atomic E-state index is -0.415. The Morgan fingerprint density at radius 1 is 1.43 bits per heavy atom. The van der Waals surface area contributed by atoms with E-state index in [9.17, 15) is 9.18 Å². The van der Waals surface area contributed by atoms with E-state index in [0.29, 0.717) is 6.42 Å². The molecule has 2 unspecified atom stereocenters. The Hall–Kier alpha value is -1.33. The molecule has 2 heterocycles. The third kappa shape index (κ3) is 3.30. The molecule has 0 bridgehead atoms. The fourth-order valence-corrected chi connectivity index (χ4v) is 3.17. The predicted octanol–water partition coefficient (Wildman–Crippen LogP) is 2.61. The lowest BCUT2D eigenvalue weighted by atomic mass is 10.0. The molecule has 6 heteroatoms. The molecule has 3 rings (SSSR count). The van der Waals surface area contributed by atoms with Crippen molar-refractivity contribution >= 4 is 23.2 Å². The maximum Gasteiger partial charge on any atom is 0.223 e. The Bertz CT molecular complexity index is 540. The first-order chi connectivity index (χ1) is 10.1. The first-order valence-corrected chi connectivity index (χ1v) is 7.69. The zero-order chi connectivity index (χ0) is 14.8. The number of piperidine rings is 1. The van der Waals surface area contributed by atoms with Gasteiger partial charge in [-0.1, -0.05) is 11.6 Å². The molecule has 0 aromatic heterocycles. The van der Waals surface area contributed by atoms with Gasteiger partial charge in [0.05, 0.1) is 11.2 Å². The molecule has 0 saturated carbocycles. The normalized spacial score (nSPS) is 26.2. The van der Waals surface area contributed by atoms with Crippen LogP contribution in [0.5, 0.6) is 0 Å². The van der Waals surface area contributed by atoms with Crippen molar-refractivity contribution in [3.05, 3.63) is 29.0 Å². The second kappa shape index (κ2) is 6.20. The van der Waals surface area contributed by atoms with Crippen molar-refractivity contribution in [3.63, 3.8) is 0 Å². The molecule has 0 spiro atoms. The molecule has 1 aromatic rings. The van der Waals surface area contributed by atoms with Crippen molar-refractivity contribution in [2.45, 2.75) is 37.9 Å². The largest absolute Gasteiger partial charge is 0.382 e. The van der Waals surface area contributed by atoms with E-state index < -0.39 is 5.82 Å². The van der Waals surface area contributed by atoms with Crippen molar-refractivity contribution in [2.24, 2.45) is 0 Å². The highest BCUT2D eigenvalue weighted by Crippen LogP contribution is 2.24. The molecule has 1 amide bonds. The molecule has 0 aliphatic carbocycles. The van der Waals surface area contributed by atoms with Gasteiger partial charge in [-0.2, -0.15) is 0 Å². The lowest BCUT2D eigenvalue weighted by Gasteiger charge is -2.35. The fourth-order valence-electron chi connectivity index (χ4n) is 2.99. The first-order valence-electron chi connectivity index (χ1n) is 7.31. The molecule has 2 aliphatic heterocycles. The van der Waals surface area contributed by atoms with Crippen molar-refractivity contribution in [1.82, 2.24) is 10.2 Å². The van der Waals surface area contributed by atoms with Crippen molar-refractivity contribution in [1.29, 1.82) is 0 Å². The molecule has 113 valence electrons. The van der Waals surface area contributed by atoms with Gasteiger partial charge >= 0.3 is 0 Å². The summed E-state index contributed by atoms with van der Waals surface area (Å²) in [5, 5.41) is 8.05. The summed E-state index contributed by atoms with van der Waals surface area (Å²) < 4.78 is 13.2. The number of likely N-dealkylation sites (tertiary alicyclic amines) is 1. The van der Waals surface area contributed by atoms with Crippen molar-refractivity contribution in [3.8, 4) is 0 Å². The van der Waals surface area contributed by atoms with Gasteiger partial charge in [0.15, 0.2) is 0 Å². The number of rotatable bonds is 3. The van der Waals surface area contributed by atoms with Gasteiger partial charge in [0.2, 0.25) is 5.91 Å². The maximum atomic E-state index is 13.2. The SMILES string of the molecule is O=C1CCCN1C1CC(Nc2ccc(F)c(Cl)c2)CC[N]1. The molecule has 1 radical (unpaired) electrons. The molecule has 2 atom stereocenters. The Labute approximate surface area is 128 Å². The van der Waals surface area contributed by atoms with E-state index in [1.807, 2.05) is 4.90 Å². The van der Waals surface area contributed by atoms with E-state index in [0.717, 1.165) is 38.0 Å². The highest BCUT2D eigenvalue weighted by Gasteiger charge is 2.32. The van der Waals surface area contributed by atoms with Crippen LogP contribution < -0.4 is 10.6 Å². The standard InChI is InChI=1S/C15H18ClFN3O/c16-12-8-10(3-4-13(12)17)19-11-5-6-18-14(9-11)20-7-1-2-15(20)21/h3-4,8,11,14,19H,1-2,5-7,9H2. The molecular formula is C15H18ClFN3O. The van der Waals surface area contributed by atoms with Gasteiger partial charge in [0, 0.05) is 37.7 Å². The number of carbonyl (C=O) groups is 1. The quantitative estimate of drug-likeness (QED) is 0.933. The zero-order valence-corrected chi connectivity index (χ0v) is 12.4. The van der Waals surface area contributed by atoms with Crippen LogP contribution in [0, 0.1) is 5.82 Å². The van der Waals surface area contributed by atoms with Crippen LogP contribution in [0.25, 0.3) is 0 Å². The molecule has 1 N–H and O–H groups in total. The number of anilines is 1. The molecule has 2 fully saturated rings. The van der Waals surface area contributed by atoms with Crippen molar-refractivity contribution < 1.29 is 9.18 Å². The van der Waals surface area contributed by atoms with Crippen LogP contribution in [0.1, 0.15) is 25.7 Å². The minimum Gasteiger partial charge on any atom is -0.382 e. The van der Waals surface area contributed by atoms with Crippen LogP contribution in [0.15, 0.2) is 18.2 Å². The number of benzene rings is 1. The number of halogens is 2. The number of hydrogen-bond acceptors (Lipinski definition) is 2. The van der Waals surface area contributed by atoms with Gasteiger partial charge in [-0.25, -0.2) is 9.71 Å². The van der Waals surface area contributed by atoms with Gasteiger partial charge in [0.25, 0.3) is 0 Å². The third-order valence-electron chi connectivity index (χ3n) is 4.07. The van der Waals surface area contributed by atoms with Crippen LogP contribution in [0.3, 0.4) is 0 Å². The smallest absolute Gasteiger partial charge is 0.223 e. The predicted molar refractivity (Wildman–Crippen MR) is 79.8 cm³/mol. The third-order valence-corrected chi connectivity index (χ3v) is 4.36.